The van der Waals surface area contributed by atoms with Crippen LogP contribution in [0, 0.1) is 0 Å². The summed E-state index contributed by atoms with van der Waals surface area (Å²) in [5, 5.41) is 2.20. The van der Waals surface area contributed by atoms with Crippen LogP contribution in [0.2, 0.25) is 0 Å². The van der Waals surface area contributed by atoms with Crippen LogP contribution in [-0.4, -0.2) is 0 Å². The minimum Gasteiger partial charge on any atom is -0.454 e. The van der Waals surface area contributed by atoms with Gasteiger partial charge in [-0.1, -0.05) is 212 Å². The summed E-state index contributed by atoms with van der Waals surface area (Å²) in [5.74, 6) is 0. The molecule has 0 aliphatic heterocycles. The maximum Gasteiger partial charge on any atom is 0.159 e. The Kier molecular flexibility index (Phi) is 8.07. The molecule has 2 nitrogen and oxygen atoms in total. The molecule has 13 rings (SSSR count). The molecule has 11 aromatic rings. The van der Waals surface area contributed by atoms with Crippen molar-refractivity contribution in [2.45, 2.75) is 10.8 Å². The second-order valence-electron chi connectivity index (χ2n) is 17.1. The number of para-hydroxylation sites is 2. The van der Waals surface area contributed by atoms with E-state index in [2.05, 4.69) is 254 Å². The molecule has 0 bridgehead atoms. The highest BCUT2D eigenvalue weighted by atomic mass is 16.3. The lowest BCUT2D eigenvalue weighted by atomic mass is 9.67. The lowest BCUT2D eigenvalue weighted by Crippen LogP contribution is -2.29. The summed E-state index contributed by atoms with van der Waals surface area (Å²) < 4.78 is 6.89. The molecule has 2 aliphatic carbocycles. The highest BCUT2D eigenvalue weighted by molar-refractivity contribution is 6.10. The Hall–Kier alpha value is -8.20. The van der Waals surface area contributed by atoms with E-state index in [1.807, 2.05) is 0 Å². The van der Waals surface area contributed by atoms with Crippen molar-refractivity contribution in [2.75, 3.05) is 4.90 Å². The highest BCUT2D eigenvalue weighted by Gasteiger charge is 2.48. The maximum absolute atomic E-state index is 6.89. The second-order valence-corrected chi connectivity index (χ2v) is 17.1. The van der Waals surface area contributed by atoms with Gasteiger partial charge in [0.25, 0.3) is 0 Å². The van der Waals surface area contributed by atoms with Crippen LogP contribution in [-0.2, 0) is 10.8 Å². The number of rotatable bonds is 7. The van der Waals surface area contributed by atoms with Gasteiger partial charge < -0.3 is 9.32 Å². The fourth-order valence-corrected chi connectivity index (χ4v) is 11.5. The Morgan fingerprint density at radius 2 is 0.734 bits per heavy atom. The number of furan rings is 1. The van der Waals surface area contributed by atoms with E-state index in [0.29, 0.717) is 0 Å². The zero-order valence-electron chi connectivity index (χ0n) is 35.0. The van der Waals surface area contributed by atoms with Gasteiger partial charge in [-0.2, -0.15) is 0 Å². The molecule has 0 N–H and O–H groups in total. The summed E-state index contributed by atoms with van der Waals surface area (Å²) in [6, 6.07) is 91.3. The molecule has 2 heteroatoms. The van der Waals surface area contributed by atoms with Crippen molar-refractivity contribution in [3.63, 3.8) is 0 Å². The van der Waals surface area contributed by atoms with Gasteiger partial charge in [0.1, 0.15) is 5.58 Å². The largest absolute Gasteiger partial charge is 0.454 e. The normalized spacial score (nSPS) is 13.9. The molecule has 0 saturated carbocycles. The molecule has 0 atom stereocenters. The van der Waals surface area contributed by atoms with Gasteiger partial charge in [-0.05, 0) is 103 Å². The summed E-state index contributed by atoms with van der Waals surface area (Å²) in [6.07, 6.45) is 0. The van der Waals surface area contributed by atoms with Crippen molar-refractivity contribution in [1.29, 1.82) is 0 Å². The van der Waals surface area contributed by atoms with Crippen molar-refractivity contribution in [2.24, 2.45) is 0 Å². The van der Waals surface area contributed by atoms with Gasteiger partial charge in [-0.15, -0.1) is 0 Å². The summed E-state index contributed by atoms with van der Waals surface area (Å²) >= 11 is 0. The molecule has 0 radical (unpaired) electrons. The number of hydrogen-bond donors (Lipinski definition) is 0. The summed E-state index contributed by atoms with van der Waals surface area (Å²) in [4.78, 5) is 2.43. The van der Waals surface area contributed by atoms with Gasteiger partial charge in [0.2, 0.25) is 0 Å². The molecule has 10 aromatic carbocycles. The first-order valence-electron chi connectivity index (χ1n) is 22.2. The van der Waals surface area contributed by atoms with Crippen molar-refractivity contribution < 1.29 is 4.42 Å². The lowest BCUT2D eigenvalue weighted by molar-refractivity contribution is 0.669. The highest BCUT2D eigenvalue weighted by Crippen LogP contribution is 2.59. The molecule has 300 valence electrons. The average molecular weight is 816 g/mol. The van der Waals surface area contributed by atoms with Crippen LogP contribution in [0.1, 0.15) is 44.5 Å². The first kappa shape index (κ1) is 36.5. The predicted molar refractivity (Wildman–Crippen MR) is 263 cm³/mol. The summed E-state index contributed by atoms with van der Waals surface area (Å²) in [7, 11) is 0. The standard InChI is InChI=1S/C62H41NO/c1-5-20-42(21-6-1)61(43-22-7-2-8-23-43)55-33-17-14-29-49(55)53-40-46(37-39-56(53)61)63(58-34-19-31-52-51-30-15-18-35-59(51)64-60(52)58)47-36-38-50-48-28-13-16-32-54(48)62(57(50)41-47,44-24-9-3-10-25-44)45-26-11-4-12-27-45/h1-41H. The topological polar surface area (TPSA) is 16.4 Å². The number of hydrogen-bond acceptors (Lipinski definition) is 2. The summed E-state index contributed by atoms with van der Waals surface area (Å²) in [6.45, 7) is 0. The van der Waals surface area contributed by atoms with Crippen molar-refractivity contribution in [3.05, 3.63) is 293 Å². The Bertz CT molecular complexity index is 3470. The molecule has 0 fully saturated rings. The zero-order valence-corrected chi connectivity index (χ0v) is 35.0. The van der Waals surface area contributed by atoms with E-state index in [9.17, 15) is 0 Å². The van der Waals surface area contributed by atoms with Gasteiger partial charge in [0.15, 0.2) is 5.58 Å². The van der Waals surface area contributed by atoms with E-state index < -0.39 is 10.8 Å². The molecule has 2 aliphatic rings. The zero-order chi connectivity index (χ0) is 42.2. The van der Waals surface area contributed by atoms with E-state index in [-0.39, 0.29) is 0 Å². The monoisotopic (exact) mass is 815 g/mol. The Balaban J connectivity index is 1.11. The number of fused-ring (bicyclic) bond motifs is 9. The smallest absolute Gasteiger partial charge is 0.159 e. The van der Waals surface area contributed by atoms with Crippen molar-refractivity contribution in [3.8, 4) is 22.3 Å². The van der Waals surface area contributed by atoms with Crippen LogP contribution >= 0.6 is 0 Å². The molecule has 0 spiro atoms. The molecule has 0 amide bonds. The van der Waals surface area contributed by atoms with E-state index in [4.69, 9.17) is 4.42 Å². The fourth-order valence-electron chi connectivity index (χ4n) is 11.5. The Labute approximate surface area is 373 Å². The van der Waals surface area contributed by atoms with Gasteiger partial charge >= 0.3 is 0 Å². The first-order valence-corrected chi connectivity index (χ1v) is 22.2. The molecule has 1 aromatic heterocycles. The minimum absolute atomic E-state index is 0.499. The predicted octanol–water partition coefficient (Wildman–Crippen LogP) is 15.8. The van der Waals surface area contributed by atoms with Gasteiger partial charge in [0, 0.05) is 22.1 Å². The molecular formula is C62H41NO. The van der Waals surface area contributed by atoms with Crippen LogP contribution in [0.5, 0.6) is 0 Å². The van der Waals surface area contributed by atoms with E-state index in [1.165, 1.54) is 66.8 Å². The maximum atomic E-state index is 6.89. The fraction of sp³-hybridized carbons (Fsp3) is 0.0323. The van der Waals surface area contributed by atoms with Gasteiger partial charge in [-0.3, -0.25) is 0 Å². The van der Waals surface area contributed by atoms with Crippen molar-refractivity contribution in [1.82, 2.24) is 0 Å². The average Bonchev–Trinajstić information content (AvgIpc) is 4.00. The third kappa shape index (κ3) is 5.02. The third-order valence-corrected chi connectivity index (χ3v) is 14.0. The van der Waals surface area contributed by atoms with Crippen LogP contribution in [0.15, 0.2) is 253 Å². The van der Waals surface area contributed by atoms with Gasteiger partial charge in [-0.25, -0.2) is 0 Å². The summed E-state index contributed by atoms with van der Waals surface area (Å²) in [5.41, 5.74) is 18.8. The Morgan fingerprint density at radius 3 is 1.34 bits per heavy atom. The van der Waals surface area contributed by atoms with E-state index in [0.717, 1.165) is 39.0 Å². The molecular weight excluding hydrogens is 775 g/mol. The Morgan fingerprint density at radius 1 is 0.297 bits per heavy atom. The third-order valence-electron chi connectivity index (χ3n) is 14.0. The van der Waals surface area contributed by atoms with E-state index in [1.54, 1.807) is 0 Å². The van der Waals surface area contributed by atoms with Crippen molar-refractivity contribution >= 4 is 39.0 Å². The van der Waals surface area contributed by atoms with Crippen LogP contribution in [0.4, 0.5) is 17.1 Å². The van der Waals surface area contributed by atoms with Gasteiger partial charge in [0.05, 0.1) is 16.5 Å². The second kappa shape index (κ2) is 14.2. The lowest BCUT2D eigenvalue weighted by Gasteiger charge is -2.35. The molecule has 0 saturated heterocycles. The van der Waals surface area contributed by atoms with Crippen LogP contribution in [0.25, 0.3) is 44.2 Å². The quantitative estimate of drug-likeness (QED) is 0.159. The molecule has 64 heavy (non-hydrogen) atoms. The van der Waals surface area contributed by atoms with Crippen LogP contribution in [0.3, 0.4) is 0 Å². The number of nitrogens with zero attached hydrogens (tertiary/aromatic N) is 1. The van der Waals surface area contributed by atoms with E-state index >= 15 is 0 Å². The number of anilines is 3. The number of benzene rings is 10. The molecule has 1 heterocycles. The first-order chi connectivity index (χ1) is 31.8. The minimum atomic E-state index is -0.552. The molecule has 0 unspecified atom stereocenters. The SMILES string of the molecule is c1ccc(C2(c3ccccc3)c3ccccc3-c3cc(N(c4ccc5c(c4)C(c4ccccc4)(c4ccccc4)c4ccccc4-5)c4cccc5c4oc4ccccc45)ccc32)cc1. The van der Waals surface area contributed by atoms with Crippen LogP contribution < -0.4 is 4.90 Å².